The Balaban J connectivity index is 1.81. The first-order chi connectivity index (χ1) is 8.43. The van der Waals surface area contributed by atoms with E-state index in [1.165, 1.54) is 42.3 Å². The normalized spacial score (nSPS) is 21.9. The van der Waals surface area contributed by atoms with Crippen molar-refractivity contribution in [3.63, 3.8) is 0 Å². The summed E-state index contributed by atoms with van der Waals surface area (Å²) in [5.74, 6) is 0. The van der Waals surface area contributed by atoms with Crippen LogP contribution in [0.5, 0.6) is 0 Å². The number of aromatic nitrogens is 1. The highest BCUT2D eigenvalue weighted by Crippen LogP contribution is 2.19. The molecule has 1 aromatic heterocycles. The molecule has 1 aromatic rings. The Morgan fingerprint density at radius 3 is 2.59 bits per heavy atom. The smallest absolute Gasteiger partial charge is 0.378 e. The van der Waals surface area contributed by atoms with Crippen molar-refractivity contribution in [1.29, 1.82) is 0 Å². The second-order valence-electron chi connectivity index (χ2n) is 4.49. The van der Waals surface area contributed by atoms with Gasteiger partial charge < -0.3 is 9.64 Å². The van der Waals surface area contributed by atoms with Crippen LogP contribution >= 0.6 is 20.7 Å². The predicted octanol–water partition coefficient (Wildman–Crippen LogP) is 0.997. The van der Waals surface area contributed by atoms with Crippen molar-refractivity contribution in [1.82, 2.24) is 9.56 Å². The summed E-state index contributed by atoms with van der Waals surface area (Å²) in [6, 6.07) is 0. The lowest BCUT2D eigenvalue weighted by atomic mass is 10.2. The highest BCUT2D eigenvalue weighted by molar-refractivity contribution is 7.69. The van der Waals surface area contributed by atoms with Crippen LogP contribution in [0.15, 0.2) is 0 Å². The third-order valence-electron chi connectivity index (χ3n) is 3.29. The van der Waals surface area contributed by atoms with Crippen LogP contribution in [-0.4, -0.2) is 44.4 Å². The number of nitrogens with zero attached hydrogens (tertiary/aromatic N) is 3. The van der Waals surface area contributed by atoms with Crippen LogP contribution in [0, 0.1) is 0 Å². The molecule has 0 N–H and O–H groups in total. The predicted molar refractivity (Wildman–Crippen MR) is 71.9 cm³/mol. The zero-order valence-corrected chi connectivity index (χ0v) is 11.6. The van der Waals surface area contributed by atoms with Crippen molar-refractivity contribution >= 4 is 25.8 Å². The molecular formula is C11H18N3OS2+. The first-order valence-corrected chi connectivity index (χ1v) is 8.46. The van der Waals surface area contributed by atoms with Gasteiger partial charge in [0.25, 0.3) is 0 Å². The van der Waals surface area contributed by atoms with Crippen molar-refractivity contribution in [2.75, 3.05) is 44.3 Å². The van der Waals surface area contributed by atoms with Gasteiger partial charge in [0.15, 0.2) is 0 Å². The number of piperidine rings is 1. The summed E-state index contributed by atoms with van der Waals surface area (Å²) >= 11 is 0. The van der Waals surface area contributed by atoms with Gasteiger partial charge in [-0.2, -0.15) is 0 Å². The van der Waals surface area contributed by atoms with Crippen molar-refractivity contribution < 1.29 is 4.74 Å². The molecule has 0 aromatic carbocycles. The summed E-state index contributed by atoms with van der Waals surface area (Å²) < 4.78 is 7.81. The molecule has 17 heavy (non-hydrogen) atoms. The molecular weight excluding hydrogens is 254 g/mol. The Morgan fingerprint density at radius 1 is 1.06 bits per heavy atom. The third-order valence-corrected chi connectivity index (χ3v) is 5.52. The molecule has 3 heterocycles. The largest absolute Gasteiger partial charge is 0.390 e. The molecule has 0 unspecified atom stereocenters. The molecule has 2 aliphatic heterocycles. The summed E-state index contributed by atoms with van der Waals surface area (Å²) in [5.41, 5.74) is 0. The van der Waals surface area contributed by atoms with Crippen LogP contribution in [0.3, 0.4) is 0 Å². The standard InChI is InChI=1S/C11H18N3OS2/c1-2-4-13(5-3-1)10-12-11(17-16-10)14-6-8-15-9-7-14/h1-9H2/q+1. The molecule has 2 aliphatic rings. The van der Waals surface area contributed by atoms with Gasteiger partial charge in [0, 0.05) is 28.4 Å². The van der Waals surface area contributed by atoms with E-state index in [2.05, 4.69) is 9.48 Å². The van der Waals surface area contributed by atoms with Gasteiger partial charge in [-0.1, -0.05) is 0 Å². The minimum Gasteiger partial charge on any atom is -0.378 e. The molecule has 0 spiro atoms. The number of hydrogen-bond acceptors (Lipinski definition) is 5. The molecule has 4 nitrogen and oxygen atoms in total. The highest BCUT2D eigenvalue weighted by Gasteiger charge is 2.20. The number of rotatable bonds is 1. The lowest BCUT2D eigenvalue weighted by Gasteiger charge is -2.23. The maximum atomic E-state index is 5.37. The lowest BCUT2D eigenvalue weighted by molar-refractivity contribution is 0.122. The number of morpholine rings is 1. The minimum absolute atomic E-state index is 0.837. The quantitative estimate of drug-likeness (QED) is 0.564. The maximum absolute atomic E-state index is 5.37. The van der Waals surface area contributed by atoms with Crippen LogP contribution in [-0.2, 0) is 4.74 Å². The average Bonchev–Trinajstić information content (AvgIpc) is 2.90. The number of hydrogen-bond donors (Lipinski definition) is 0. The number of ether oxygens (including phenoxy) is 1. The average molecular weight is 272 g/mol. The summed E-state index contributed by atoms with van der Waals surface area (Å²) in [6.45, 7) is 6.01. The van der Waals surface area contributed by atoms with Gasteiger partial charge in [0.1, 0.15) is 0 Å². The topological polar surface area (TPSA) is 28.4 Å². The molecule has 2 saturated heterocycles. The Hall–Kier alpha value is -0.460. The maximum Gasteiger partial charge on any atom is 0.390 e. The summed E-state index contributed by atoms with van der Waals surface area (Å²) in [4.78, 5) is 8.35. The summed E-state index contributed by atoms with van der Waals surface area (Å²) in [7, 11) is 3.63. The van der Waals surface area contributed by atoms with Crippen LogP contribution < -0.4 is 14.3 Å². The van der Waals surface area contributed by atoms with E-state index < -0.39 is 0 Å². The molecule has 6 heteroatoms. The Kier molecular flexibility index (Phi) is 3.73. The van der Waals surface area contributed by atoms with E-state index in [0.29, 0.717) is 0 Å². The van der Waals surface area contributed by atoms with Crippen LogP contribution in [0.4, 0.5) is 5.13 Å². The second kappa shape index (κ2) is 5.46. The Labute approximate surface area is 109 Å². The molecule has 0 amide bonds. The van der Waals surface area contributed by atoms with Gasteiger partial charge in [0.2, 0.25) is 0 Å². The monoisotopic (exact) mass is 272 g/mol. The van der Waals surface area contributed by atoms with E-state index in [1.54, 1.807) is 0 Å². The fourth-order valence-corrected chi connectivity index (χ4v) is 4.61. The molecule has 2 fully saturated rings. The van der Waals surface area contributed by atoms with Gasteiger partial charge in [-0.05, 0) is 29.6 Å². The van der Waals surface area contributed by atoms with Gasteiger partial charge in [-0.3, -0.25) is 0 Å². The second-order valence-corrected chi connectivity index (χ2v) is 6.55. The number of anilines is 1. The van der Waals surface area contributed by atoms with Gasteiger partial charge in [0.05, 0.1) is 26.3 Å². The van der Waals surface area contributed by atoms with Crippen molar-refractivity contribution in [2.24, 2.45) is 0 Å². The molecule has 0 bridgehead atoms. The van der Waals surface area contributed by atoms with Gasteiger partial charge >= 0.3 is 9.93 Å². The van der Waals surface area contributed by atoms with Crippen molar-refractivity contribution in [2.45, 2.75) is 19.3 Å². The Morgan fingerprint density at radius 2 is 1.82 bits per heavy atom. The van der Waals surface area contributed by atoms with Gasteiger partial charge in [-0.15, -0.1) is 0 Å². The zero-order chi connectivity index (χ0) is 11.5. The first-order valence-electron chi connectivity index (χ1n) is 6.31. The SMILES string of the molecule is C1CC[N+](=c2nc(N3CCOCC3)ss2)CC1. The molecule has 0 radical (unpaired) electrons. The molecule has 3 rings (SSSR count). The van der Waals surface area contributed by atoms with Crippen LogP contribution in [0.25, 0.3) is 0 Å². The van der Waals surface area contributed by atoms with Crippen molar-refractivity contribution in [3.8, 4) is 0 Å². The minimum atomic E-state index is 0.837. The lowest BCUT2D eigenvalue weighted by Crippen LogP contribution is -2.38. The molecule has 94 valence electrons. The fraction of sp³-hybridized carbons (Fsp3) is 0.818. The van der Waals surface area contributed by atoms with E-state index in [9.17, 15) is 0 Å². The van der Waals surface area contributed by atoms with Crippen LogP contribution in [0.1, 0.15) is 19.3 Å². The first kappa shape index (κ1) is 11.6. The molecule has 0 aliphatic carbocycles. The van der Waals surface area contributed by atoms with Crippen LogP contribution in [0.2, 0.25) is 0 Å². The highest BCUT2D eigenvalue weighted by atomic mass is 32.9. The van der Waals surface area contributed by atoms with Gasteiger partial charge in [-0.25, -0.2) is 4.58 Å². The van der Waals surface area contributed by atoms with E-state index >= 15 is 0 Å². The molecule has 0 atom stereocenters. The zero-order valence-electron chi connectivity index (χ0n) is 9.93. The third kappa shape index (κ3) is 2.69. The van der Waals surface area contributed by atoms with E-state index in [4.69, 9.17) is 9.72 Å². The van der Waals surface area contributed by atoms with E-state index in [1.807, 2.05) is 20.7 Å². The molecule has 0 saturated carbocycles. The fourth-order valence-electron chi connectivity index (χ4n) is 2.28. The van der Waals surface area contributed by atoms with E-state index in [0.717, 1.165) is 26.3 Å². The van der Waals surface area contributed by atoms with Crippen molar-refractivity contribution in [3.05, 3.63) is 4.80 Å². The Bertz CT molecular complexity index is 426. The van der Waals surface area contributed by atoms with E-state index in [-0.39, 0.29) is 0 Å². The summed E-state index contributed by atoms with van der Waals surface area (Å²) in [6.07, 6.45) is 4.01. The summed E-state index contributed by atoms with van der Waals surface area (Å²) in [5, 5.41) is 1.18.